The largest absolute Gasteiger partial charge is 0.394 e. The number of hydrogen-bond acceptors (Lipinski definition) is 24. The van der Waals surface area contributed by atoms with Gasteiger partial charge >= 0.3 is 0 Å². The van der Waals surface area contributed by atoms with E-state index in [1.165, 1.54) is 63.9 Å². The number of para-hydroxylation sites is 1. The lowest BCUT2D eigenvalue weighted by Gasteiger charge is -2.31. The average Bonchev–Trinajstić information content (AvgIpc) is 1.69. The number of tetrazole rings is 1. The number of aromatic amines is 3. The molecule has 24 N–H and O–H groups in total. The Kier molecular flexibility index (Phi) is 47.6. The molecule has 2 aliphatic rings. The van der Waals surface area contributed by atoms with Gasteiger partial charge in [-0.2, -0.15) is 0 Å². The number of unbranched alkanes of at least 4 members (excludes halogenated alkanes) is 13. The molecular weight excluding hydrogens is 1700 g/mol. The van der Waals surface area contributed by atoms with Crippen molar-refractivity contribution in [3.8, 4) is 0 Å². The van der Waals surface area contributed by atoms with Crippen LogP contribution in [0.3, 0.4) is 0 Å². The molecule has 7 rings (SSSR count). The average molecular weight is 1830 g/mol. The molecule has 0 bridgehead atoms. The van der Waals surface area contributed by atoms with Gasteiger partial charge in [0.2, 0.25) is 82.7 Å². The minimum absolute atomic E-state index is 0.000363. The van der Waals surface area contributed by atoms with Crippen LogP contribution < -0.4 is 81.0 Å². The molecule has 3 aromatic heterocycles. The summed E-state index contributed by atoms with van der Waals surface area (Å²) in [5, 5.41) is 75.7. The number of aliphatic hydroxyl groups is 2. The fourth-order valence-electron chi connectivity index (χ4n) is 15.4. The quantitative estimate of drug-likeness (QED) is 0.0127. The summed E-state index contributed by atoms with van der Waals surface area (Å²) in [6.07, 6.45) is 17.0. The molecule has 0 aliphatic carbocycles. The molecule has 0 spiro atoms. The van der Waals surface area contributed by atoms with Crippen LogP contribution >= 0.6 is 0 Å². The van der Waals surface area contributed by atoms with Crippen LogP contribution in [-0.2, 0) is 107 Å². The van der Waals surface area contributed by atoms with Gasteiger partial charge in [0, 0.05) is 113 Å². The van der Waals surface area contributed by atoms with Gasteiger partial charge < -0.3 is 116 Å². The summed E-state index contributed by atoms with van der Waals surface area (Å²) < 4.78 is 10.9. The number of aromatic nitrogens is 7. The number of nitrogens with zero attached hydrogens (tertiary/aromatic N) is 5. The van der Waals surface area contributed by atoms with Crippen molar-refractivity contribution in [2.75, 3.05) is 65.8 Å². The summed E-state index contributed by atoms with van der Waals surface area (Å²) in [5.74, 6) is -13.3. The van der Waals surface area contributed by atoms with E-state index >= 15 is 19.2 Å². The van der Waals surface area contributed by atoms with E-state index in [4.69, 9.17) is 32.1 Å². The Morgan fingerprint density at radius 2 is 1.31 bits per heavy atom. The van der Waals surface area contributed by atoms with Crippen LogP contribution in [0.15, 0.2) is 73.3 Å². The molecule has 131 heavy (non-hydrogen) atoms. The van der Waals surface area contributed by atoms with Gasteiger partial charge in [-0.3, -0.25) is 77.3 Å². The molecule has 2 aromatic carbocycles. The highest BCUT2D eigenvalue weighted by Crippen LogP contribution is 2.25. The van der Waals surface area contributed by atoms with Crippen molar-refractivity contribution >= 4 is 105 Å². The highest BCUT2D eigenvalue weighted by molar-refractivity contribution is 6.00. The molecule has 11 atom stereocenters. The minimum atomic E-state index is -1.74. The number of hydrogen-bond donors (Lipinski definition) is 21. The third-order valence-electron chi connectivity index (χ3n) is 22.7. The highest BCUT2D eigenvalue weighted by atomic mass is 16.5. The second kappa shape index (κ2) is 59.0. The first-order valence-corrected chi connectivity index (χ1v) is 45.6. The Morgan fingerprint density at radius 1 is 0.641 bits per heavy atom. The van der Waals surface area contributed by atoms with E-state index in [9.17, 15) is 63.0 Å². The maximum absolute atomic E-state index is 15.4. The van der Waals surface area contributed by atoms with Crippen LogP contribution in [0.25, 0.3) is 10.9 Å². The molecule has 0 saturated carbocycles. The number of nitrogens with two attached hydrogens (primary N) is 3. The number of ether oxygens (including phenoxy) is 2. The number of ketones is 1. The first kappa shape index (κ1) is 106. The van der Waals surface area contributed by atoms with Crippen LogP contribution in [-0.4, -0.2) is 271 Å². The SMILES string of the molecule is CCCC[C@H](CC(=O)[C@H](Cc1c[nH]cn1)NC(=O)[C@H](CCC(N)=O)NC(=O)[C@H](CO)NC(=O)CNC(=O)COCCOCCNC(=O)CCCCCCCCCCCCCCCc1nnn[nH]1)C(=O)N[C@H]1CCC(=O)NCCCC[C@@H](C(N)=O)NC(=O)[C@H](Cc2c[nH]c3ccccc23)NC(=O)[C@H](CCCNC(=N)N)NC(=O)[C@@H](Cc2ccccc2)NC(=O)[C@@H]2C[C@@H](O)CN2C1=O. The zero-order valence-electron chi connectivity index (χ0n) is 74.8. The molecule has 5 aromatic rings. The molecular formula is C88H134N24O19. The zero-order valence-corrected chi connectivity index (χ0v) is 74.8. The minimum Gasteiger partial charge on any atom is -0.394 e. The Hall–Kier alpha value is -12.4. The Balaban J connectivity index is 0.959. The number of nitrogens with one attached hydrogen (secondary N) is 16. The molecule has 0 unspecified atom stereocenters. The lowest BCUT2D eigenvalue weighted by Crippen LogP contribution is -2.60. The fraction of sp³-hybridized carbons (Fsp3) is 0.614. The van der Waals surface area contributed by atoms with E-state index < -0.39 is 207 Å². The number of aliphatic hydroxyl groups excluding tert-OH is 2. The van der Waals surface area contributed by atoms with Crippen molar-refractivity contribution in [2.45, 2.75) is 273 Å². The summed E-state index contributed by atoms with van der Waals surface area (Å²) in [7, 11) is 0. The number of carbonyl (C=O) groups excluding carboxylic acids is 15. The molecule has 14 amide bonds. The van der Waals surface area contributed by atoms with Gasteiger partial charge in [0.05, 0.1) is 57.1 Å². The van der Waals surface area contributed by atoms with Crippen LogP contribution in [0.1, 0.15) is 209 Å². The van der Waals surface area contributed by atoms with E-state index in [0.717, 1.165) is 60.2 Å². The Bertz CT molecular complexity index is 4440. The maximum Gasteiger partial charge on any atom is 0.246 e. The molecule has 2 saturated heterocycles. The molecule has 43 nitrogen and oxygen atoms in total. The zero-order chi connectivity index (χ0) is 94.7. The summed E-state index contributed by atoms with van der Waals surface area (Å²) >= 11 is 0. The smallest absolute Gasteiger partial charge is 0.246 e. The molecule has 43 heteroatoms. The van der Waals surface area contributed by atoms with Crippen molar-refractivity contribution in [1.29, 1.82) is 5.41 Å². The van der Waals surface area contributed by atoms with E-state index in [1.54, 1.807) is 42.6 Å². The predicted molar refractivity (Wildman–Crippen MR) is 479 cm³/mol. The Morgan fingerprint density at radius 3 is 1.99 bits per heavy atom. The number of aryl methyl sites for hydroxylation is 1. The van der Waals surface area contributed by atoms with Crippen molar-refractivity contribution in [3.63, 3.8) is 0 Å². The normalized spacial score (nSPS) is 18.9. The number of primary amides is 2. The number of rotatable bonds is 54. The summed E-state index contributed by atoms with van der Waals surface area (Å²) in [4.78, 5) is 222. The molecule has 2 aliphatic heterocycles. The molecule has 720 valence electrons. The number of imidazole rings is 1. The summed E-state index contributed by atoms with van der Waals surface area (Å²) in [6, 6.07) is 1.85. The predicted octanol–water partition coefficient (Wildman–Crippen LogP) is -0.906. The van der Waals surface area contributed by atoms with Crippen molar-refractivity contribution < 1.29 is 91.6 Å². The summed E-state index contributed by atoms with van der Waals surface area (Å²) in [5.41, 5.74) is 19.1. The lowest BCUT2D eigenvalue weighted by atomic mass is 9.90. The maximum atomic E-state index is 15.4. The lowest BCUT2D eigenvalue weighted by molar-refractivity contribution is -0.143. The van der Waals surface area contributed by atoms with Gasteiger partial charge in [-0.05, 0) is 91.8 Å². The van der Waals surface area contributed by atoms with E-state index in [1.807, 2.05) is 25.1 Å². The van der Waals surface area contributed by atoms with Crippen molar-refractivity contribution in [2.24, 2.45) is 23.1 Å². The number of H-pyrrole nitrogens is 3. The molecule has 0 radical (unpaired) electrons. The number of amides is 14. The molecule has 2 fully saturated rings. The van der Waals surface area contributed by atoms with Crippen molar-refractivity contribution in [3.05, 3.63) is 96.0 Å². The first-order valence-electron chi connectivity index (χ1n) is 45.6. The topological polar surface area (TPSA) is 663 Å². The third kappa shape index (κ3) is 39.9. The monoisotopic (exact) mass is 1830 g/mol. The van der Waals surface area contributed by atoms with Gasteiger partial charge in [0.15, 0.2) is 11.7 Å². The number of fused-ring (bicyclic) bond motifs is 2. The van der Waals surface area contributed by atoms with Gasteiger partial charge in [-0.25, -0.2) is 10.1 Å². The van der Waals surface area contributed by atoms with Crippen LogP contribution in [0, 0.1) is 11.3 Å². The number of carbonyl (C=O) groups is 15. The second-order valence-electron chi connectivity index (χ2n) is 33.2. The Labute approximate surface area is 761 Å². The first-order chi connectivity index (χ1) is 63.2. The fourth-order valence-corrected chi connectivity index (χ4v) is 15.4. The highest BCUT2D eigenvalue weighted by Gasteiger charge is 2.44. The number of benzene rings is 2. The van der Waals surface area contributed by atoms with E-state index in [2.05, 4.69) is 99.4 Å². The van der Waals surface area contributed by atoms with Crippen molar-refractivity contribution in [1.82, 2.24) is 104 Å². The van der Waals surface area contributed by atoms with E-state index in [-0.39, 0.29) is 121 Å². The van der Waals surface area contributed by atoms with Crippen LogP contribution in [0.5, 0.6) is 0 Å². The molecule has 5 heterocycles. The van der Waals surface area contributed by atoms with Gasteiger partial charge in [0.1, 0.15) is 60.8 Å². The standard InChI is InChI=1S/C88H134N24O19/c1-2-3-27-57(46-72(115)67(47-59-50-93-55-99-59)105-82(124)65(34-36-73(89)116)103-85(127)70(53-113)100-77(119)51-98-78(120)54-131-43-42-130-41-40-95-75(117)33-19-14-12-10-8-6-4-5-7-9-11-13-18-32-74-108-110-111-109-74)80(122)104-66-35-37-76(118)94-38-23-22-30-63(79(90)121)101-84(126)69(45-58-49-97-62-29-21-20-28-61(58)62)106-81(123)64(31-24-39-96-88(91)92)102-83(125)68(44-56-25-16-15-17-26-56)107-86(128)71-48-60(114)52-112(71)87(66)129/h15-17,20-21,25-26,28-29,49-50,55,57,60,63-71,97,113-114H,2-14,18-19,22-24,27,30-48,51-54H2,1H3,(H2,89,116)(H2,90,121)(H,93,99)(H,94,118)(H,95,117)(H,98,120)(H,100,119)(H,101,126)(H,102,125)(H,103,127)(H,104,122)(H,105,124)(H,106,123)(H,107,128)(H4,91,92,96)(H,108,109,110,111)/t57-,60-,63+,64+,65+,66+,67+,68-,69+,70+,71+/m1/s1. The number of guanidine groups is 1. The summed E-state index contributed by atoms with van der Waals surface area (Å²) in [6.45, 7) is -0.230. The van der Waals surface area contributed by atoms with Crippen LogP contribution in [0.4, 0.5) is 0 Å². The number of Topliss-reactive ketones (excluding diaryl/α,β-unsaturated/α-hetero) is 1. The second-order valence-corrected chi connectivity index (χ2v) is 33.2. The third-order valence-corrected chi connectivity index (χ3v) is 22.7. The van der Waals surface area contributed by atoms with Gasteiger partial charge in [-0.15, -0.1) is 5.10 Å². The van der Waals surface area contributed by atoms with E-state index in [0.29, 0.717) is 30.4 Å². The van der Waals surface area contributed by atoms with Gasteiger partial charge in [0.25, 0.3) is 0 Å². The van der Waals surface area contributed by atoms with Crippen LogP contribution in [0.2, 0.25) is 0 Å². The van der Waals surface area contributed by atoms with Gasteiger partial charge in [-0.1, -0.05) is 139 Å².